The van der Waals surface area contributed by atoms with Crippen molar-refractivity contribution in [1.82, 2.24) is 4.90 Å². The van der Waals surface area contributed by atoms with Crippen molar-refractivity contribution >= 4 is 23.3 Å². The molecule has 1 unspecified atom stereocenters. The van der Waals surface area contributed by atoms with E-state index in [0.29, 0.717) is 16.1 Å². The summed E-state index contributed by atoms with van der Waals surface area (Å²) in [5.41, 5.74) is 1.13. The summed E-state index contributed by atoms with van der Waals surface area (Å²) in [6, 6.07) is 15.2. The van der Waals surface area contributed by atoms with E-state index in [4.69, 9.17) is 11.6 Å². The second kappa shape index (κ2) is 7.42. The Bertz CT molecular complexity index is 680. The van der Waals surface area contributed by atoms with E-state index in [1.54, 1.807) is 43.4 Å². The molecule has 120 valence electrons. The van der Waals surface area contributed by atoms with Gasteiger partial charge in [-0.2, -0.15) is 0 Å². The zero-order valence-electron chi connectivity index (χ0n) is 13.5. The van der Waals surface area contributed by atoms with E-state index in [0.717, 1.165) is 0 Å². The molecule has 0 aliphatic rings. The van der Waals surface area contributed by atoms with Crippen molar-refractivity contribution in [3.8, 4) is 0 Å². The third-order valence-electron chi connectivity index (χ3n) is 3.79. The maximum Gasteiger partial charge on any atom is 0.254 e. The van der Waals surface area contributed by atoms with Gasteiger partial charge in [0.15, 0.2) is 5.78 Å². The van der Waals surface area contributed by atoms with Gasteiger partial charge in [0, 0.05) is 23.2 Å². The van der Waals surface area contributed by atoms with Gasteiger partial charge in [0.2, 0.25) is 0 Å². The van der Waals surface area contributed by atoms with Crippen LogP contribution in [0.5, 0.6) is 0 Å². The van der Waals surface area contributed by atoms with E-state index in [2.05, 4.69) is 0 Å². The summed E-state index contributed by atoms with van der Waals surface area (Å²) in [7, 11) is 1.67. The first-order valence-corrected chi connectivity index (χ1v) is 7.91. The number of rotatable bonds is 5. The number of benzene rings is 2. The van der Waals surface area contributed by atoms with Crippen LogP contribution in [0.25, 0.3) is 0 Å². The lowest BCUT2D eigenvalue weighted by Crippen LogP contribution is -2.45. The van der Waals surface area contributed by atoms with Crippen LogP contribution in [0.3, 0.4) is 0 Å². The minimum atomic E-state index is -0.524. The largest absolute Gasteiger partial charge is 0.331 e. The van der Waals surface area contributed by atoms with Crippen molar-refractivity contribution in [1.29, 1.82) is 0 Å². The van der Waals surface area contributed by atoms with E-state index in [-0.39, 0.29) is 17.6 Å². The van der Waals surface area contributed by atoms with Crippen molar-refractivity contribution in [2.75, 3.05) is 7.05 Å². The molecule has 0 saturated heterocycles. The quantitative estimate of drug-likeness (QED) is 0.766. The standard InChI is InChI=1S/C19H20ClNO2/c1-13(2)17(18(22)14-9-11-16(20)12-10-14)21(3)19(23)15-7-5-4-6-8-15/h4-13,17H,1-3H3. The molecule has 23 heavy (non-hydrogen) atoms. The molecule has 0 aliphatic heterocycles. The summed E-state index contributed by atoms with van der Waals surface area (Å²) in [6.45, 7) is 3.88. The lowest BCUT2D eigenvalue weighted by molar-refractivity contribution is 0.0610. The number of likely N-dealkylation sites (N-methyl/N-ethyl adjacent to an activating group) is 1. The van der Waals surface area contributed by atoms with Gasteiger partial charge in [-0.3, -0.25) is 9.59 Å². The molecule has 3 nitrogen and oxygen atoms in total. The predicted molar refractivity (Wildman–Crippen MR) is 92.9 cm³/mol. The Balaban J connectivity index is 2.29. The fourth-order valence-corrected chi connectivity index (χ4v) is 2.75. The van der Waals surface area contributed by atoms with Gasteiger partial charge in [0.25, 0.3) is 5.91 Å². The van der Waals surface area contributed by atoms with Crippen LogP contribution in [0.1, 0.15) is 34.6 Å². The number of halogens is 1. The van der Waals surface area contributed by atoms with Crippen molar-refractivity contribution < 1.29 is 9.59 Å². The van der Waals surface area contributed by atoms with Crippen molar-refractivity contribution in [2.45, 2.75) is 19.9 Å². The van der Waals surface area contributed by atoms with Gasteiger partial charge in [0.1, 0.15) is 0 Å². The number of nitrogens with zero attached hydrogens (tertiary/aromatic N) is 1. The third-order valence-corrected chi connectivity index (χ3v) is 4.04. The number of ketones is 1. The van der Waals surface area contributed by atoms with Crippen LogP contribution in [0.15, 0.2) is 54.6 Å². The Kier molecular flexibility index (Phi) is 5.56. The van der Waals surface area contributed by atoms with Gasteiger partial charge >= 0.3 is 0 Å². The molecule has 0 bridgehead atoms. The summed E-state index contributed by atoms with van der Waals surface area (Å²) < 4.78 is 0. The average molecular weight is 330 g/mol. The Morgan fingerprint density at radius 2 is 1.48 bits per heavy atom. The minimum absolute atomic E-state index is 0.00385. The highest BCUT2D eigenvalue weighted by molar-refractivity contribution is 6.30. The molecular weight excluding hydrogens is 310 g/mol. The van der Waals surface area contributed by atoms with Crippen molar-refractivity contribution in [3.63, 3.8) is 0 Å². The number of hydrogen-bond donors (Lipinski definition) is 0. The Morgan fingerprint density at radius 3 is 2.00 bits per heavy atom. The molecule has 0 saturated carbocycles. The number of carbonyl (C=O) groups excluding carboxylic acids is 2. The van der Waals surface area contributed by atoms with E-state index in [1.165, 1.54) is 4.90 Å². The van der Waals surface area contributed by atoms with Gasteiger partial charge in [-0.1, -0.05) is 43.6 Å². The highest BCUT2D eigenvalue weighted by Gasteiger charge is 2.30. The summed E-state index contributed by atoms with van der Waals surface area (Å²) in [5.74, 6) is -0.245. The first-order valence-electron chi connectivity index (χ1n) is 7.54. The van der Waals surface area contributed by atoms with Gasteiger partial charge in [0.05, 0.1) is 6.04 Å². The zero-order chi connectivity index (χ0) is 17.0. The Labute approximate surface area is 141 Å². The van der Waals surface area contributed by atoms with Crippen LogP contribution >= 0.6 is 11.6 Å². The van der Waals surface area contributed by atoms with Crippen LogP contribution in [0.4, 0.5) is 0 Å². The van der Waals surface area contributed by atoms with Crippen molar-refractivity contribution in [3.05, 3.63) is 70.7 Å². The fourth-order valence-electron chi connectivity index (χ4n) is 2.62. The zero-order valence-corrected chi connectivity index (χ0v) is 14.2. The maximum atomic E-state index is 12.8. The highest BCUT2D eigenvalue weighted by Crippen LogP contribution is 2.19. The van der Waals surface area contributed by atoms with Crippen LogP contribution in [0, 0.1) is 5.92 Å². The second-order valence-corrected chi connectivity index (χ2v) is 6.28. The molecule has 2 rings (SSSR count). The fraction of sp³-hybridized carbons (Fsp3) is 0.263. The molecule has 4 heteroatoms. The molecule has 0 spiro atoms. The maximum absolute atomic E-state index is 12.8. The highest BCUT2D eigenvalue weighted by atomic mass is 35.5. The molecule has 2 aromatic carbocycles. The molecule has 1 atom stereocenters. The summed E-state index contributed by atoms with van der Waals surface area (Å²) >= 11 is 5.88. The number of Topliss-reactive ketones (excluding diaryl/α,β-unsaturated/α-hetero) is 1. The monoisotopic (exact) mass is 329 g/mol. The molecular formula is C19H20ClNO2. The SMILES string of the molecule is CC(C)C(C(=O)c1ccc(Cl)cc1)N(C)C(=O)c1ccccc1. The molecule has 0 fully saturated rings. The van der Waals surface area contributed by atoms with Gasteiger partial charge in [-0.25, -0.2) is 0 Å². The lowest BCUT2D eigenvalue weighted by Gasteiger charge is -2.30. The van der Waals surface area contributed by atoms with Gasteiger partial charge in [-0.05, 0) is 42.3 Å². The van der Waals surface area contributed by atoms with Gasteiger partial charge < -0.3 is 4.90 Å². The Morgan fingerprint density at radius 1 is 0.913 bits per heavy atom. The first-order chi connectivity index (χ1) is 10.9. The number of amides is 1. The van der Waals surface area contributed by atoms with Crippen LogP contribution in [-0.2, 0) is 0 Å². The minimum Gasteiger partial charge on any atom is -0.331 e. The van der Waals surface area contributed by atoms with Crippen LogP contribution in [0.2, 0.25) is 5.02 Å². The lowest BCUT2D eigenvalue weighted by atomic mass is 9.93. The summed E-state index contributed by atoms with van der Waals surface area (Å²) in [6.07, 6.45) is 0. The normalized spacial score (nSPS) is 12.0. The molecule has 0 heterocycles. The topological polar surface area (TPSA) is 37.4 Å². The van der Waals surface area contributed by atoms with Crippen LogP contribution < -0.4 is 0 Å². The van der Waals surface area contributed by atoms with E-state index < -0.39 is 6.04 Å². The second-order valence-electron chi connectivity index (χ2n) is 5.84. The smallest absolute Gasteiger partial charge is 0.254 e. The number of carbonyl (C=O) groups is 2. The first kappa shape index (κ1) is 17.2. The molecule has 0 aliphatic carbocycles. The summed E-state index contributed by atoms with van der Waals surface area (Å²) in [5, 5.41) is 0.580. The molecule has 1 amide bonds. The van der Waals surface area contributed by atoms with E-state index >= 15 is 0 Å². The molecule has 0 aromatic heterocycles. The van der Waals surface area contributed by atoms with E-state index in [9.17, 15) is 9.59 Å². The van der Waals surface area contributed by atoms with Gasteiger partial charge in [-0.15, -0.1) is 0 Å². The Hall–Kier alpha value is -2.13. The third kappa shape index (κ3) is 3.99. The molecule has 0 radical (unpaired) electrons. The molecule has 2 aromatic rings. The average Bonchev–Trinajstić information content (AvgIpc) is 2.55. The van der Waals surface area contributed by atoms with Crippen LogP contribution in [-0.4, -0.2) is 29.7 Å². The predicted octanol–water partition coefficient (Wildman–Crippen LogP) is 4.32. The number of hydrogen-bond acceptors (Lipinski definition) is 2. The summed E-state index contributed by atoms with van der Waals surface area (Å²) in [4.78, 5) is 27.0. The van der Waals surface area contributed by atoms with E-state index in [1.807, 2.05) is 32.0 Å². The molecule has 0 N–H and O–H groups in total. The van der Waals surface area contributed by atoms with Crippen molar-refractivity contribution in [2.24, 2.45) is 5.92 Å².